The second-order valence-corrected chi connectivity index (χ2v) is 7.59. The molecule has 0 bridgehead atoms. The fourth-order valence-electron chi connectivity index (χ4n) is 2.56. The van der Waals surface area contributed by atoms with Crippen molar-refractivity contribution in [3.63, 3.8) is 0 Å². The van der Waals surface area contributed by atoms with Crippen molar-refractivity contribution in [2.24, 2.45) is 12.0 Å². The molecule has 0 aliphatic carbocycles. The molecule has 5 nitrogen and oxygen atoms in total. The number of hydrogen-bond acceptors (Lipinski definition) is 4. The standard InChI is InChI=1S/C19H16N4OS2/c1-22-10-11-25-19(22)21-18(24)15-6-2-3-7-16(15)26-13-14-12-23-9-5-4-8-17(23)20-14/h2-12H,13H2,1H3. The number of pyridine rings is 1. The zero-order valence-corrected chi connectivity index (χ0v) is 15.7. The molecule has 0 aliphatic rings. The van der Waals surface area contributed by atoms with Gasteiger partial charge in [0.1, 0.15) is 5.65 Å². The largest absolute Gasteiger partial charge is 0.327 e. The van der Waals surface area contributed by atoms with E-state index in [9.17, 15) is 4.79 Å². The van der Waals surface area contributed by atoms with Crippen molar-refractivity contribution < 1.29 is 4.79 Å². The summed E-state index contributed by atoms with van der Waals surface area (Å²) in [5, 5.41) is 1.91. The molecule has 0 N–H and O–H groups in total. The third-order valence-corrected chi connectivity index (χ3v) is 5.82. The maximum absolute atomic E-state index is 12.6. The van der Waals surface area contributed by atoms with Crippen LogP contribution in [0, 0.1) is 0 Å². The lowest BCUT2D eigenvalue weighted by Gasteiger charge is -2.04. The Morgan fingerprint density at radius 1 is 1.19 bits per heavy atom. The highest BCUT2D eigenvalue weighted by molar-refractivity contribution is 7.98. The monoisotopic (exact) mass is 380 g/mol. The molecule has 4 rings (SSSR count). The average Bonchev–Trinajstić information content (AvgIpc) is 3.26. The molecule has 4 aromatic rings. The quantitative estimate of drug-likeness (QED) is 0.507. The lowest BCUT2D eigenvalue weighted by Crippen LogP contribution is -2.13. The van der Waals surface area contributed by atoms with Crippen LogP contribution in [-0.2, 0) is 12.8 Å². The molecule has 0 unspecified atom stereocenters. The van der Waals surface area contributed by atoms with E-state index in [0.717, 1.165) is 16.2 Å². The van der Waals surface area contributed by atoms with Crippen LogP contribution in [0.3, 0.4) is 0 Å². The number of hydrogen-bond donors (Lipinski definition) is 0. The molecule has 1 amide bonds. The number of benzene rings is 1. The van der Waals surface area contributed by atoms with Gasteiger partial charge in [0.2, 0.25) is 0 Å². The van der Waals surface area contributed by atoms with Gasteiger partial charge < -0.3 is 8.97 Å². The molecule has 26 heavy (non-hydrogen) atoms. The van der Waals surface area contributed by atoms with Crippen LogP contribution in [0.2, 0.25) is 0 Å². The summed E-state index contributed by atoms with van der Waals surface area (Å²) < 4.78 is 3.84. The maximum Gasteiger partial charge on any atom is 0.280 e. The molecule has 3 aromatic heterocycles. The van der Waals surface area contributed by atoms with E-state index in [1.54, 1.807) is 11.8 Å². The molecule has 0 saturated heterocycles. The maximum atomic E-state index is 12.6. The van der Waals surface area contributed by atoms with E-state index >= 15 is 0 Å². The molecule has 0 atom stereocenters. The summed E-state index contributed by atoms with van der Waals surface area (Å²) in [6.45, 7) is 0. The van der Waals surface area contributed by atoms with E-state index < -0.39 is 0 Å². The number of fused-ring (bicyclic) bond motifs is 1. The summed E-state index contributed by atoms with van der Waals surface area (Å²) in [6.07, 6.45) is 5.89. The van der Waals surface area contributed by atoms with Crippen LogP contribution in [0.5, 0.6) is 0 Å². The highest BCUT2D eigenvalue weighted by Crippen LogP contribution is 2.26. The molecule has 0 radical (unpaired) electrons. The van der Waals surface area contributed by atoms with E-state index in [1.807, 2.05) is 82.5 Å². The van der Waals surface area contributed by atoms with Crippen LogP contribution < -0.4 is 4.80 Å². The van der Waals surface area contributed by atoms with Crippen molar-refractivity contribution in [3.05, 3.63) is 82.5 Å². The Kier molecular flexibility index (Phi) is 4.73. The number of aryl methyl sites for hydroxylation is 1. The van der Waals surface area contributed by atoms with Gasteiger partial charge in [0.25, 0.3) is 5.91 Å². The number of imidazole rings is 1. The lowest BCUT2D eigenvalue weighted by molar-refractivity contribution is 0.0995. The fourth-order valence-corrected chi connectivity index (χ4v) is 4.22. The first-order valence-corrected chi connectivity index (χ1v) is 9.91. The first-order chi connectivity index (χ1) is 12.7. The van der Waals surface area contributed by atoms with Gasteiger partial charge in [-0.1, -0.05) is 18.2 Å². The van der Waals surface area contributed by atoms with Crippen molar-refractivity contribution in [1.29, 1.82) is 0 Å². The van der Waals surface area contributed by atoms with Crippen molar-refractivity contribution in [2.45, 2.75) is 10.6 Å². The van der Waals surface area contributed by atoms with E-state index in [1.165, 1.54) is 11.3 Å². The van der Waals surface area contributed by atoms with Crippen molar-refractivity contribution in [1.82, 2.24) is 14.0 Å². The summed E-state index contributed by atoms with van der Waals surface area (Å²) in [5.41, 5.74) is 2.52. The minimum absolute atomic E-state index is 0.221. The summed E-state index contributed by atoms with van der Waals surface area (Å²) in [5.74, 6) is 0.472. The first kappa shape index (κ1) is 16.8. The highest BCUT2D eigenvalue weighted by atomic mass is 32.2. The second-order valence-electron chi connectivity index (χ2n) is 5.70. The highest BCUT2D eigenvalue weighted by Gasteiger charge is 2.12. The van der Waals surface area contributed by atoms with Gasteiger partial charge in [-0.15, -0.1) is 23.1 Å². The number of aromatic nitrogens is 3. The number of amides is 1. The van der Waals surface area contributed by atoms with Gasteiger partial charge in [0.05, 0.1) is 11.3 Å². The molecule has 130 valence electrons. The van der Waals surface area contributed by atoms with Crippen LogP contribution >= 0.6 is 23.1 Å². The predicted octanol–water partition coefficient (Wildman–Crippen LogP) is 3.77. The number of thioether (sulfide) groups is 1. The van der Waals surface area contributed by atoms with Gasteiger partial charge >= 0.3 is 0 Å². The van der Waals surface area contributed by atoms with E-state index in [0.29, 0.717) is 16.1 Å². The van der Waals surface area contributed by atoms with Gasteiger partial charge in [-0.3, -0.25) is 4.79 Å². The Morgan fingerprint density at radius 2 is 2.04 bits per heavy atom. The molecule has 0 aliphatic heterocycles. The molecule has 3 heterocycles. The average molecular weight is 380 g/mol. The summed E-state index contributed by atoms with van der Waals surface area (Å²) in [7, 11) is 1.88. The topological polar surface area (TPSA) is 51.7 Å². The normalized spacial score (nSPS) is 12.0. The lowest BCUT2D eigenvalue weighted by atomic mass is 10.2. The Labute approximate surface area is 158 Å². The van der Waals surface area contributed by atoms with Gasteiger partial charge in [-0.2, -0.15) is 4.99 Å². The van der Waals surface area contributed by atoms with Crippen LogP contribution in [0.25, 0.3) is 5.65 Å². The van der Waals surface area contributed by atoms with Gasteiger partial charge in [-0.25, -0.2) is 4.98 Å². The molecular formula is C19H16N4OS2. The zero-order valence-electron chi connectivity index (χ0n) is 14.1. The Balaban J connectivity index is 1.58. The SMILES string of the molecule is Cn1ccsc1=NC(=O)c1ccccc1SCc1cn2ccccc2n1. The van der Waals surface area contributed by atoms with E-state index in [2.05, 4.69) is 9.98 Å². The number of carbonyl (C=O) groups excluding carboxylic acids is 1. The molecule has 1 aromatic carbocycles. The Morgan fingerprint density at radius 3 is 2.85 bits per heavy atom. The minimum atomic E-state index is -0.221. The number of thiazole rings is 1. The van der Waals surface area contributed by atoms with E-state index in [4.69, 9.17) is 0 Å². The number of nitrogens with zero attached hydrogens (tertiary/aromatic N) is 4. The number of carbonyl (C=O) groups is 1. The van der Waals surface area contributed by atoms with Crippen molar-refractivity contribution >= 4 is 34.7 Å². The summed E-state index contributed by atoms with van der Waals surface area (Å²) in [6, 6.07) is 13.5. The molecule has 7 heteroatoms. The van der Waals surface area contributed by atoms with Crippen LogP contribution in [-0.4, -0.2) is 19.9 Å². The van der Waals surface area contributed by atoms with Gasteiger partial charge in [0, 0.05) is 41.7 Å². The van der Waals surface area contributed by atoms with Crippen LogP contribution in [0.4, 0.5) is 0 Å². The summed E-state index contributed by atoms with van der Waals surface area (Å²) in [4.78, 5) is 23.1. The number of rotatable bonds is 4. The Bertz CT molecular complexity index is 1110. The Hall–Kier alpha value is -2.64. The molecular weight excluding hydrogens is 364 g/mol. The third kappa shape index (κ3) is 3.49. The predicted molar refractivity (Wildman–Crippen MR) is 104 cm³/mol. The van der Waals surface area contributed by atoms with Crippen LogP contribution in [0.1, 0.15) is 16.1 Å². The minimum Gasteiger partial charge on any atom is -0.327 e. The summed E-state index contributed by atoms with van der Waals surface area (Å²) >= 11 is 3.05. The first-order valence-electron chi connectivity index (χ1n) is 8.04. The van der Waals surface area contributed by atoms with Crippen molar-refractivity contribution in [2.75, 3.05) is 0 Å². The molecule has 0 saturated carbocycles. The van der Waals surface area contributed by atoms with Crippen molar-refractivity contribution in [3.8, 4) is 0 Å². The van der Waals surface area contributed by atoms with Crippen LogP contribution in [0.15, 0.2) is 76.3 Å². The third-order valence-electron chi connectivity index (χ3n) is 3.86. The smallest absolute Gasteiger partial charge is 0.280 e. The van der Waals surface area contributed by atoms with Gasteiger partial charge in [0.15, 0.2) is 4.80 Å². The zero-order chi connectivity index (χ0) is 17.9. The fraction of sp³-hybridized carbons (Fsp3) is 0.105. The van der Waals surface area contributed by atoms with Gasteiger partial charge in [-0.05, 0) is 24.3 Å². The van der Waals surface area contributed by atoms with E-state index in [-0.39, 0.29) is 5.91 Å². The molecule has 0 spiro atoms. The second kappa shape index (κ2) is 7.31. The molecule has 0 fully saturated rings.